The first kappa shape index (κ1) is 28.7. The van der Waals surface area contributed by atoms with Crippen LogP contribution in [-0.2, 0) is 0 Å². The Hall–Kier alpha value is -6.96. The van der Waals surface area contributed by atoms with Gasteiger partial charge in [-0.15, -0.1) is 0 Å². The summed E-state index contributed by atoms with van der Waals surface area (Å²) in [5, 5.41) is 19.9. The Morgan fingerprint density at radius 1 is 0.245 bits per heavy atom. The monoisotopic (exact) mass is 670 g/mol. The Morgan fingerprint density at radius 2 is 0.585 bits per heavy atom. The van der Waals surface area contributed by atoms with Crippen LogP contribution in [0.5, 0.6) is 0 Å². The molecule has 0 N–H and O–H groups in total. The molecule has 0 saturated heterocycles. The summed E-state index contributed by atoms with van der Waals surface area (Å²) in [7, 11) is 0. The molecular formula is C52H30O. The topological polar surface area (TPSA) is 13.1 Å². The highest BCUT2D eigenvalue weighted by Gasteiger charge is 2.20. The van der Waals surface area contributed by atoms with Crippen molar-refractivity contribution in [1.29, 1.82) is 0 Å². The summed E-state index contributed by atoms with van der Waals surface area (Å²) in [4.78, 5) is 0. The van der Waals surface area contributed by atoms with Crippen LogP contribution >= 0.6 is 0 Å². The normalized spacial score (nSPS) is 12.2. The first-order chi connectivity index (χ1) is 26.3. The molecule has 0 atom stereocenters. The zero-order valence-corrected chi connectivity index (χ0v) is 28.7. The van der Waals surface area contributed by atoms with Crippen molar-refractivity contribution in [3.05, 3.63) is 182 Å². The van der Waals surface area contributed by atoms with E-state index in [4.69, 9.17) is 4.42 Å². The van der Waals surface area contributed by atoms with Crippen LogP contribution in [0.4, 0.5) is 0 Å². The molecule has 0 aliphatic carbocycles. The molecule has 0 spiro atoms. The highest BCUT2D eigenvalue weighted by molar-refractivity contribution is 6.31. The van der Waals surface area contributed by atoms with Crippen LogP contribution in [0.15, 0.2) is 186 Å². The van der Waals surface area contributed by atoms with E-state index in [-0.39, 0.29) is 0 Å². The van der Waals surface area contributed by atoms with Crippen molar-refractivity contribution in [2.75, 3.05) is 0 Å². The first-order valence-corrected chi connectivity index (χ1v) is 18.3. The first-order valence-electron chi connectivity index (χ1n) is 18.3. The third-order valence-corrected chi connectivity index (χ3v) is 11.6. The molecule has 0 saturated carbocycles. The lowest BCUT2D eigenvalue weighted by atomic mass is 9.84. The second kappa shape index (κ2) is 10.8. The molecule has 0 aliphatic heterocycles. The lowest BCUT2D eigenvalue weighted by Gasteiger charge is -2.18. The van der Waals surface area contributed by atoms with Crippen LogP contribution in [0.2, 0.25) is 0 Å². The van der Waals surface area contributed by atoms with E-state index in [0.29, 0.717) is 0 Å². The average Bonchev–Trinajstić information content (AvgIpc) is 3.62. The lowest BCUT2D eigenvalue weighted by Crippen LogP contribution is -1.91. The summed E-state index contributed by atoms with van der Waals surface area (Å²) in [6.07, 6.45) is 0. The summed E-state index contributed by atoms with van der Waals surface area (Å²) in [6.45, 7) is 0. The standard InChI is InChI=1S/C52H30O/c1-2-15-35-33(13-1)34-14-3-4-18-38(34)47-29-31(25-27-39(35)47)49-41-20-8-10-22-43(41)50(44-23-11-9-21-42(44)49)32-26-28-46-48(30-32)53-52-45-24-12-6-17-37(45)36-16-5-7-19-40(36)51(46)52/h1-30H. The number of hydrogen-bond donors (Lipinski definition) is 0. The molecule has 1 nitrogen and oxygen atoms in total. The Balaban J connectivity index is 1.14. The van der Waals surface area contributed by atoms with Gasteiger partial charge in [-0.3, -0.25) is 0 Å². The van der Waals surface area contributed by atoms with Crippen molar-refractivity contribution in [2.24, 2.45) is 0 Å². The van der Waals surface area contributed by atoms with Crippen molar-refractivity contribution >= 4 is 97.3 Å². The van der Waals surface area contributed by atoms with Crippen molar-refractivity contribution in [2.45, 2.75) is 0 Å². The number of furan rings is 1. The Bertz CT molecular complexity index is 3420. The van der Waals surface area contributed by atoms with E-state index in [1.807, 2.05) is 0 Å². The molecule has 244 valence electrons. The maximum Gasteiger partial charge on any atom is 0.143 e. The zero-order valence-electron chi connectivity index (χ0n) is 28.7. The predicted octanol–water partition coefficient (Wildman–Crippen LogP) is 15.0. The van der Waals surface area contributed by atoms with Crippen LogP contribution in [0.3, 0.4) is 0 Å². The Morgan fingerprint density at radius 3 is 1.09 bits per heavy atom. The minimum atomic E-state index is 0.907. The molecule has 0 amide bonds. The van der Waals surface area contributed by atoms with Gasteiger partial charge in [-0.1, -0.05) is 164 Å². The second-order valence-electron chi connectivity index (χ2n) is 14.3. The van der Waals surface area contributed by atoms with E-state index in [1.54, 1.807) is 0 Å². The molecule has 1 heteroatoms. The molecule has 53 heavy (non-hydrogen) atoms. The molecule has 12 aromatic rings. The van der Waals surface area contributed by atoms with Gasteiger partial charge < -0.3 is 4.42 Å². The quantitative estimate of drug-likeness (QED) is 0.132. The number of benzene rings is 11. The van der Waals surface area contributed by atoms with Gasteiger partial charge in [0.25, 0.3) is 0 Å². The fraction of sp³-hybridized carbons (Fsp3) is 0. The summed E-state index contributed by atoms with van der Waals surface area (Å²) in [5.41, 5.74) is 6.73. The van der Waals surface area contributed by atoms with Crippen LogP contribution < -0.4 is 0 Å². The number of fused-ring (bicyclic) bond motifs is 16. The molecule has 0 bridgehead atoms. The van der Waals surface area contributed by atoms with Crippen LogP contribution in [0.25, 0.3) is 120 Å². The molecule has 1 aromatic heterocycles. The van der Waals surface area contributed by atoms with Crippen molar-refractivity contribution in [3.63, 3.8) is 0 Å². The van der Waals surface area contributed by atoms with E-state index < -0.39 is 0 Å². The molecule has 0 fully saturated rings. The highest BCUT2D eigenvalue weighted by atomic mass is 16.3. The van der Waals surface area contributed by atoms with Gasteiger partial charge >= 0.3 is 0 Å². The van der Waals surface area contributed by atoms with E-state index in [1.165, 1.54) is 92.1 Å². The van der Waals surface area contributed by atoms with Crippen molar-refractivity contribution in [1.82, 2.24) is 0 Å². The number of rotatable bonds is 2. The molecule has 0 unspecified atom stereocenters. The van der Waals surface area contributed by atoms with Gasteiger partial charge in [-0.05, 0) is 110 Å². The van der Waals surface area contributed by atoms with Crippen molar-refractivity contribution in [3.8, 4) is 22.3 Å². The molecule has 1 heterocycles. The van der Waals surface area contributed by atoms with Crippen molar-refractivity contribution < 1.29 is 4.42 Å². The summed E-state index contributed by atoms with van der Waals surface area (Å²) in [6, 6.07) is 66.7. The van der Waals surface area contributed by atoms with Gasteiger partial charge in [-0.2, -0.15) is 0 Å². The minimum Gasteiger partial charge on any atom is -0.455 e. The van der Waals surface area contributed by atoms with Crippen LogP contribution in [0, 0.1) is 0 Å². The fourth-order valence-electron chi connectivity index (χ4n) is 9.37. The van der Waals surface area contributed by atoms with Gasteiger partial charge in [0.05, 0.1) is 0 Å². The van der Waals surface area contributed by atoms with Crippen LogP contribution in [-0.4, -0.2) is 0 Å². The van der Waals surface area contributed by atoms with Gasteiger partial charge in [-0.25, -0.2) is 0 Å². The molecule has 12 rings (SSSR count). The fourth-order valence-corrected chi connectivity index (χ4v) is 9.37. The van der Waals surface area contributed by atoms with Gasteiger partial charge in [0.1, 0.15) is 11.2 Å². The Kier molecular flexibility index (Phi) is 5.84. The maximum atomic E-state index is 6.86. The predicted molar refractivity (Wildman–Crippen MR) is 227 cm³/mol. The van der Waals surface area contributed by atoms with E-state index >= 15 is 0 Å². The maximum absolute atomic E-state index is 6.86. The lowest BCUT2D eigenvalue weighted by molar-refractivity contribution is 0.673. The average molecular weight is 671 g/mol. The van der Waals surface area contributed by atoms with Gasteiger partial charge in [0.2, 0.25) is 0 Å². The van der Waals surface area contributed by atoms with Gasteiger partial charge in [0, 0.05) is 16.2 Å². The highest BCUT2D eigenvalue weighted by Crippen LogP contribution is 2.47. The minimum absolute atomic E-state index is 0.907. The molecular weight excluding hydrogens is 641 g/mol. The SMILES string of the molecule is c1ccc2c(-c3ccc4c5ccccc5c5ccccc5c4c3)c3ccccc3c(-c3ccc4c(c3)oc3c5ccccc5c5ccccc5c43)c2c1. The van der Waals surface area contributed by atoms with E-state index in [2.05, 4.69) is 182 Å². The third-order valence-electron chi connectivity index (χ3n) is 11.6. The van der Waals surface area contributed by atoms with E-state index in [0.717, 1.165) is 27.5 Å². The third kappa shape index (κ3) is 3.97. The smallest absolute Gasteiger partial charge is 0.143 e. The summed E-state index contributed by atoms with van der Waals surface area (Å²) < 4.78 is 6.86. The number of hydrogen-bond acceptors (Lipinski definition) is 1. The molecule has 0 aliphatic rings. The van der Waals surface area contributed by atoms with Crippen LogP contribution in [0.1, 0.15) is 0 Å². The summed E-state index contributed by atoms with van der Waals surface area (Å²) >= 11 is 0. The largest absolute Gasteiger partial charge is 0.455 e. The summed E-state index contributed by atoms with van der Waals surface area (Å²) in [5.74, 6) is 0. The second-order valence-corrected chi connectivity index (χ2v) is 14.3. The molecule has 0 radical (unpaired) electrons. The van der Waals surface area contributed by atoms with E-state index in [9.17, 15) is 0 Å². The Labute approximate surface area is 304 Å². The zero-order chi connectivity index (χ0) is 34.6. The molecule has 11 aromatic carbocycles. The van der Waals surface area contributed by atoms with Gasteiger partial charge in [0.15, 0.2) is 0 Å².